The molecular weight excluding hydrogens is 318 g/mol. The second-order valence-corrected chi connectivity index (χ2v) is 7.04. The number of aromatic nitrogens is 1. The number of amides is 1. The molecule has 0 bridgehead atoms. The Bertz CT molecular complexity index is 660. The van der Waals surface area contributed by atoms with Crippen molar-refractivity contribution in [3.05, 3.63) is 29.7 Å². The van der Waals surface area contributed by atoms with E-state index < -0.39 is 11.7 Å². The summed E-state index contributed by atoms with van der Waals surface area (Å²) in [7, 11) is 0. The number of hydrogen-bond donors (Lipinski definition) is 4. The molecule has 0 aliphatic heterocycles. The fourth-order valence-corrected chi connectivity index (χ4v) is 2.34. The number of hydrogen-bond acceptors (Lipinski definition) is 6. The highest BCUT2D eigenvalue weighted by Gasteiger charge is 2.27. The van der Waals surface area contributed by atoms with Gasteiger partial charge in [-0.1, -0.05) is 0 Å². The zero-order valence-electron chi connectivity index (χ0n) is 15.1. The number of nitrogens with one attached hydrogen (secondary N) is 3. The van der Waals surface area contributed by atoms with Gasteiger partial charge in [-0.3, -0.25) is 4.98 Å². The molecule has 0 spiro atoms. The average molecular weight is 345 g/mol. The quantitative estimate of drug-likeness (QED) is 0.448. The van der Waals surface area contributed by atoms with E-state index in [0.29, 0.717) is 30.3 Å². The monoisotopic (exact) mass is 345 g/mol. The maximum absolute atomic E-state index is 11.6. The molecule has 1 saturated carbocycles. The second-order valence-electron chi connectivity index (χ2n) is 7.04. The zero-order chi connectivity index (χ0) is 18.4. The average Bonchev–Trinajstić information content (AvgIpc) is 3.36. The molecule has 7 nitrogen and oxygen atoms in total. The largest absolute Gasteiger partial charge is 0.444 e. The summed E-state index contributed by atoms with van der Waals surface area (Å²) in [5.74, 6) is 0.361. The van der Waals surface area contributed by atoms with Crippen LogP contribution in [0.5, 0.6) is 0 Å². The number of nitrogens with two attached hydrogens (primary N) is 1. The van der Waals surface area contributed by atoms with Crippen LogP contribution >= 0.6 is 0 Å². The Balaban J connectivity index is 1.96. The first-order valence-corrected chi connectivity index (χ1v) is 8.48. The van der Waals surface area contributed by atoms with Gasteiger partial charge in [-0.15, -0.1) is 0 Å². The number of anilines is 1. The van der Waals surface area contributed by atoms with Crippen LogP contribution < -0.4 is 16.4 Å². The summed E-state index contributed by atoms with van der Waals surface area (Å²) in [5.41, 5.74) is 8.50. The van der Waals surface area contributed by atoms with E-state index in [2.05, 4.69) is 15.6 Å². The van der Waals surface area contributed by atoms with Gasteiger partial charge in [-0.2, -0.15) is 0 Å². The highest BCUT2D eigenvalue weighted by Crippen LogP contribution is 2.37. The minimum absolute atomic E-state index is 0.361. The normalized spacial score (nSPS) is 15.2. The molecule has 0 aromatic carbocycles. The van der Waals surface area contributed by atoms with E-state index in [0.717, 1.165) is 24.2 Å². The van der Waals surface area contributed by atoms with Crippen LogP contribution in [-0.4, -0.2) is 36.0 Å². The molecule has 0 radical (unpaired) electrons. The van der Waals surface area contributed by atoms with Crippen LogP contribution in [0.3, 0.4) is 0 Å². The van der Waals surface area contributed by atoms with Crippen LogP contribution in [-0.2, 0) is 4.74 Å². The lowest BCUT2D eigenvalue weighted by atomic mass is 10.1. The fourth-order valence-electron chi connectivity index (χ4n) is 2.34. The van der Waals surface area contributed by atoms with E-state index in [1.807, 2.05) is 32.9 Å². The van der Waals surface area contributed by atoms with Crippen molar-refractivity contribution in [1.82, 2.24) is 10.3 Å². The minimum atomic E-state index is -0.516. The number of alkyl carbamates (subject to hydrolysis) is 1. The third-order valence-corrected chi connectivity index (χ3v) is 3.64. The van der Waals surface area contributed by atoms with Crippen molar-refractivity contribution >= 4 is 23.6 Å². The lowest BCUT2D eigenvalue weighted by Gasteiger charge is -2.20. The van der Waals surface area contributed by atoms with Gasteiger partial charge in [0.25, 0.3) is 0 Å². The molecule has 7 heteroatoms. The number of nitrogens with zero attached hydrogens (tertiary/aromatic N) is 1. The van der Waals surface area contributed by atoms with E-state index >= 15 is 0 Å². The molecule has 2 rings (SSSR count). The first-order valence-electron chi connectivity index (χ1n) is 8.48. The molecule has 1 heterocycles. The minimum Gasteiger partial charge on any atom is -0.444 e. The van der Waals surface area contributed by atoms with Crippen molar-refractivity contribution in [2.75, 3.05) is 18.4 Å². The van der Waals surface area contributed by atoms with Gasteiger partial charge in [0.15, 0.2) is 0 Å². The van der Waals surface area contributed by atoms with Gasteiger partial charge in [0, 0.05) is 36.8 Å². The molecule has 0 atom stereocenters. The Kier molecular flexibility index (Phi) is 6.01. The fraction of sp³-hybridized carbons (Fsp3) is 0.500. The summed E-state index contributed by atoms with van der Waals surface area (Å²) in [6.45, 7) is 6.38. The topological polar surface area (TPSA) is 113 Å². The summed E-state index contributed by atoms with van der Waals surface area (Å²) in [4.78, 5) is 16.0. The lowest BCUT2D eigenvalue weighted by molar-refractivity contribution is 0.0530. The van der Waals surface area contributed by atoms with Gasteiger partial charge in [0.2, 0.25) is 0 Å². The molecule has 136 valence electrons. The van der Waals surface area contributed by atoms with E-state index in [1.54, 1.807) is 6.20 Å². The SMILES string of the molecule is CC(C)(C)OC(=O)NCCNc1cccnc1C(C=N)=C(N)C1CC1. The van der Waals surface area contributed by atoms with E-state index in [1.165, 1.54) is 6.21 Å². The third-order valence-electron chi connectivity index (χ3n) is 3.64. The maximum atomic E-state index is 11.6. The molecule has 1 aromatic rings. The Hall–Kier alpha value is -2.57. The summed E-state index contributed by atoms with van der Waals surface area (Å²) in [6, 6.07) is 3.71. The molecule has 1 fully saturated rings. The molecule has 0 unspecified atom stereocenters. The Labute approximate surface area is 148 Å². The molecule has 1 aliphatic rings. The second kappa shape index (κ2) is 8.00. The molecule has 25 heavy (non-hydrogen) atoms. The molecule has 1 aromatic heterocycles. The van der Waals surface area contributed by atoms with Gasteiger partial charge in [0.05, 0.1) is 11.4 Å². The number of allylic oxidation sites excluding steroid dienone is 2. The van der Waals surface area contributed by atoms with Crippen LogP contribution in [0, 0.1) is 11.3 Å². The van der Waals surface area contributed by atoms with Gasteiger partial charge in [0.1, 0.15) is 5.60 Å². The first kappa shape index (κ1) is 18.8. The summed E-state index contributed by atoms with van der Waals surface area (Å²) < 4.78 is 5.19. The predicted molar refractivity (Wildman–Crippen MR) is 99.6 cm³/mol. The van der Waals surface area contributed by atoms with Crippen molar-refractivity contribution in [3.8, 4) is 0 Å². The van der Waals surface area contributed by atoms with Gasteiger partial charge in [-0.25, -0.2) is 4.79 Å². The van der Waals surface area contributed by atoms with Crippen molar-refractivity contribution in [2.24, 2.45) is 11.7 Å². The van der Waals surface area contributed by atoms with Crippen LogP contribution in [0.1, 0.15) is 39.3 Å². The number of pyridine rings is 1. The summed E-state index contributed by atoms with van der Waals surface area (Å²) >= 11 is 0. The van der Waals surface area contributed by atoms with E-state index in [-0.39, 0.29) is 0 Å². The maximum Gasteiger partial charge on any atom is 0.407 e. The van der Waals surface area contributed by atoms with Crippen molar-refractivity contribution < 1.29 is 9.53 Å². The molecule has 5 N–H and O–H groups in total. The van der Waals surface area contributed by atoms with Crippen LogP contribution in [0.4, 0.5) is 10.5 Å². The molecular formula is C18H27N5O2. The Morgan fingerprint density at radius 1 is 1.44 bits per heavy atom. The Morgan fingerprint density at radius 3 is 2.76 bits per heavy atom. The number of carbonyl (C=O) groups excluding carboxylic acids is 1. The summed E-state index contributed by atoms with van der Waals surface area (Å²) in [6.07, 6.45) is 4.64. The van der Waals surface area contributed by atoms with Gasteiger partial charge in [-0.05, 0) is 51.7 Å². The first-order chi connectivity index (χ1) is 11.8. The Morgan fingerprint density at radius 2 is 2.16 bits per heavy atom. The van der Waals surface area contributed by atoms with Crippen LogP contribution in [0.2, 0.25) is 0 Å². The standard InChI is InChI=1S/C18H27N5O2/c1-18(2,3)25-17(24)23-10-9-21-14-5-4-8-22-16(14)13(11-19)15(20)12-6-7-12/h4-5,8,11-12,19,21H,6-7,9-10,20H2,1-3H3,(H,23,24). The van der Waals surface area contributed by atoms with Crippen molar-refractivity contribution in [2.45, 2.75) is 39.2 Å². The highest BCUT2D eigenvalue weighted by atomic mass is 16.6. The van der Waals surface area contributed by atoms with Crippen molar-refractivity contribution in [1.29, 1.82) is 5.41 Å². The third kappa shape index (κ3) is 5.77. The van der Waals surface area contributed by atoms with Crippen LogP contribution in [0.15, 0.2) is 24.0 Å². The number of carbonyl (C=O) groups is 1. The molecule has 1 aliphatic carbocycles. The zero-order valence-corrected chi connectivity index (χ0v) is 15.1. The highest BCUT2D eigenvalue weighted by molar-refractivity contribution is 6.10. The van der Waals surface area contributed by atoms with Gasteiger partial charge < -0.3 is 26.5 Å². The van der Waals surface area contributed by atoms with Crippen LogP contribution in [0.25, 0.3) is 5.57 Å². The summed E-state index contributed by atoms with van der Waals surface area (Å²) in [5, 5.41) is 13.6. The lowest BCUT2D eigenvalue weighted by Crippen LogP contribution is -2.35. The van der Waals surface area contributed by atoms with E-state index in [9.17, 15) is 4.79 Å². The van der Waals surface area contributed by atoms with E-state index in [4.69, 9.17) is 15.9 Å². The molecule has 0 saturated heterocycles. The van der Waals surface area contributed by atoms with Crippen molar-refractivity contribution in [3.63, 3.8) is 0 Å². The smallest absolute Gasteiger partial charge is 0.407 e. The number of ether oxygens (including phenoxy) is 1. The molecule has 1 amide bonds. The number of rotatable bonds is 7. The predicted octanol–water partition coefficient (Wildman–Crippen LogP) is 2.75. The van der Waals surface area contributed by atoms with Gasteiger partial charge >= 0.3 is 6.09 Å².